The van der Waals surface area contributed by atoms with Crippen LogP contribution >= 0.6 is 23.7 Å². The molecular formula is C9H14ClNO2S. The van der Waals surface area contributed by atoms with Gasteiger partial charge in [-0.25, -0.2) is 4.79 Å². The lowest BCUT2D eigenvalue weighted by Crippen LogP contribution is -2.04. The summed E-state index contributed by atoms with van der Waals surface area (Å²) in [6.45, 7) is 4.09. The van der Waals surface area contributed by atoms with Crippen LogP contribution < -0.4 is 5.73 Å². The van der Waals surface area contributed by atoms with Crippen molar-refractivity contribution in [3.63, 3.8) is 0 Å². The largest absolute Gasteiger partial charge is 0.465 e. The Morgan fingerprint density at radius 3 is 2.50 bits per heavy atom. The van der Waals surface area contributed by atoms with Crippen LogP contribution in [0, 0.1) is 0 Å². The van der Waals surface area contributed by atoms with Gasteiger partial charge in [-0.1, -0.05) is 13.8 Å². The molecule has 0 saturated carbocycles. The number of hydrogen-bond acceptors (Lipinski definition) is 4. The molecule has 0 saturated heterocycles. The summed E-state index contributed by atoms with van der Waals surface area (Å²) in [4.78, 5) is 12.2. The number of carbonyl (C=O) groups is 1. The average molecular weight is 236 g/mol. The van der Waals surface area contributed by atoms with E-state index < -0.39 is 0 Å². The topological polar surface area (TPSA) is 52.3 Å². The lowest BCUT2D eigenvalue weighted by Gasteiger charge is -2.03. The van der Waals surface area contributed by atoms with E-state index >= 15 is 0 Å². The van der Waals surface area contributed by atoms with Gasteiger partial charge in [0.15, 0.2) is 0 Å². The number of nitrogens with two attached hydrogens (primary N) is 1. The minimum absolute atomic E-state index is 0. The number of methoxy groups -OCH3 is 1. The lowest BCUT2D eigenvalue weighted by molar-refractivity contribution is 0.0602. The quantitative estimate of drug-likeness (QED) is 0.802. The van der Waals surface area contributed by atoms with Gasteiger partial charge in [0.05, 0.1) is 18.4 Å². The molecule has 1 rings (SSSR count). The number of rotatable bonds is 2. The van der Waals surface area contributed by atoms with Crippen LogP contribution in [0.25, 0.3) is 0 Å². The summed E-state index contributed by atoms with van der Waals surface area (Å²) in [6.07, 6.45) is 0. The van der Waals surface area contributed by atoms with Crippen molar-refractivity contribution in [2.45, 2.75) is 19.8 Å². The third-order valence-corrected chi connectivity index (χ3v) is 3.09. The van der Waals surface area contributed by atoms with Crippen molar-refractivity contribution in [1.82, 2.24) is 0 Å². The van der Waals surface area contributed by atoms with Gasteiger partial charge in [-0.2, -0.15) is 0 Å². The predicted octanol–water partition coefficient (Wildman–Crippen LogP) is 2.66. The fourth-order valence-electron chi connectivity index (χ4n) is 1.10. The molecular weight excluding hydrogens is 222 g/mol. The standard InChI is InChI=1S/C9H13NO2S.ClH/c1-5(2)8-7(10)6(4-13-8)9(11)12-3;/h4-5H,10H2,1-3H3;1H. The summed E-state index contributed by atoms with van der Waals surface area (Å²) in [5.74, 6) is -0.0101. The second-order valence-corrected chi connectivity index (χ2v) is 3.98. The molecule has 1 heterocycles. The fourth-order valence-corrected chi connectivity index (χ4v) is 2.07. The molecule has 0 bridgehead atoms. The van der Waals surface area contributed by atoms with E-state index in [4.69, 9.17) is 5.73 Å². The highest BCUT2D eigenvalue weighted by Crippen LogP contribution is 2.31. The number of hydrogen-bond donors (Lipinski definition) is 1. The predicted molar refractivity (Wildman–Crippen MR) is 61.4 cm³/mol. The summed E-state index contributed by atoms with van der Waals surface area (Å²) < 4.78 is 4.60. The van der Waals surface area contributed by atoms with Crippen LogP contribution in [0.2, 0.25) is 0 Å². The molecule has 14 heavy (non-hydrogen) atoms. The third-order valence-electron chi connectivity index (χ3n) is 1.79. The van der Waals surface area contributed by atoms with Crippen molar-refractivity contribution in [2.24, 2.45) is 0 Å². The summed E-state index contributed by atoms with van der Waals surface area (Å²) in [5.41, 5.74) is 6.83. The van der Waals surface area contributed by atoms with E-state index in [9.17, 15) is 4.79 Å². The first-order valence-corrected chi connectivity index (χ1v) is 4.91. The first-order chi connectivity index (χ1) is 6.07. The molecule has 0 amide bonds. The monoisotopic (exact) mass is 235 g/mol. The molecule has 1 aromatic heterocycles. The first-order valence-electron chi connectivity index (χ1n) is 4.03. The van der Waals surface area contributed by atoms with Crippen LogP contribution in [0.15, 0.2) is 5.38 Å². The van der Waals surface area contributed by atoms with Gasteiger partial charge >= 0.3 is 5.97 Å². The normalized spacial score (nSPS) is 9.71. The van der Waals surface area contributed by atoms with Crippen LogP contribution in [-0.2, 0) is 4.74 Å². The van der Waals surface area contributed by atoms with Crippen molar-refractivity contribution in [3.8, 4) is 0 Å². The molecule has 0 aliphatic rings. The van der Waals surface area contributed by atoms with Crippen LogP contribution in [0.1, 0.15) is 35.0 Å². The molecule has 0 fully saturated rings. The van der Waals surface area contributed by atoms with E-state index in [0.717, 1.165) is 4.88 Å². The van der Waals surface area contributed by atoms with E-state index in [-0.39, 0.29) is 18.4 Å². The highest BCUT2D eigenvalue weighted by atomic mass is 35.5. The number of carbonyl (C=O) groups excluding carboxylic acids is 1. The Balaban J connectivity index is 0.00000169. The number of ether oxygens (including phenoxy) is 1. The molecule has 0 atom stereocenters. The number of thiophene rings is 1. The van der Waals surface area contributed by atoms with Gasteiger partial charge in [-0.15, -0.1) is 23.7 Å². The van der Waals surface area contributed by atoms with E-state index in [1.165, 1.54) is 18.4 Å². The number of halogens is 1. The maximum absolute atomic E-state index is 11.2. The maximum Gasteiger partial charge on any atom is 0.340 e. The smallest absolute Gasteiger partial charge is 0.340 e. The number of esters is 1. The van der Waals surface area contributed by atoms with Crippen LogP contribution in [0.3, 0.4) is 0 Å². The van der Waals surface area contributed by atoms with Gasteiger partial charge < -0.3 is 10.5 Å². The van der Waals surface area contributed by atoms with E-state index in [1.54, 1.807) is 5.38 Å². The molecule has 0 unspecified atom stereocenters. The van der Waals surface area contributed by atoms with Crippen molar-refractivity contribution >= 4 is 35.4 Å². The fraction of sp³-hybridized carbons (Fsp3) is 0.444. The Labute approximate surface area is 93.7 Å². The molecule has 80 valence electrons. The van der Waals surface area contributed by atoms with Crippen LogP contribution in [-0.4, -0.2) is 13.1 Å². The molecule has 3 nitrogen and oxygen atoms in total. The van der Waals surface area contributed by atoms with Gasteiger partial charge in [0.25, 0.3) is 0 Å². The zero-order chi connectivity index (χ0) is 10.0. The van der Waals surface area contributed by atoms with E-state index in [1.807, 2.05) is 13.8 Å². The van der Waals surface area contributed by atoms with Crippen molar-refractivity contribution in [2.75, 3.05) is 12.8 Å². The van der Waals surface area contributed by atoms with Gasteiger partial charge in [-0.3, -0.25) is 0 Å². The summed E-state index contributed by atoms with van der Waals surface area (Å²) in [6, 6.07) is 0. The maximum atomic E-state index is 11.2. The number of anilines is 1. The summed E-state index contributed by atoms with van der Waals surface area (Å²) in [7, 11) is 1.36. The van der Waals surface area contributed by atoms with Gasteiger partial charge in [0, 0.05) is 10.3 Å². The Hall–Kier alpha value is -0.740. The third kappa shape index (κ3) is 2.39. The second-order valence-electron chi connectivity index (χ2n) is 3.07. The second kappa shape index (κ2) is 5.22. The molecule has 1 aromatic rings. The van der Waals surface area contributed by atoms with Crippen molar-refractivity contribution < 1.29 is 9.53 Å². The van der Waals surface area contributed by atoms with E-state index in [0.29, 0.717) is 17.2 Å². The van der Waals surface area contributed by atoms with Crippen molar-refractivity contribution in [1.29, 1.82) is 0 Å². The zero-order valence-electron chi connectivity index (χ0n) is 8.37. The molecule has 0 aliphatic carbocycles. The molecule has 2 N–H and O–H groups in total. The Kier molecular flexibility index (Phi) is 4.94. The Morgan fingerprint density at radius 2 is 2.14 bits per heavy atom. The molecule has 0 spiro atoms. The van der Waals surface area contributed by atoms with Gasteiger partial charge in [0.1, 0.15) is 0 Å². The van der Waals surface area contributed by atoms with Gasteiger partial charge in [-0.05, 0) is 5.92 Å². The highest BCUT2D eigenvalue weighted by molar-refractivity contribution is 7.11. The van der Waals surface area contributed by atoms with Crippen molar-refractivity contribution in [3.05, 3.63) is 15.8 Å². The van der Waals surface area contributed by atoms with Crippen LogP contribution in [0.5, 0.6) is 0 Å². The minimum atomic E-state index is -0.361. The SMILES string of the molecule is COC(=O)c1csc(C(C)C)c1N.Cl. The van der Waals surface area contributed by atoms with E-state index in [2.05, 4.69) is 4.74 Å². The average Bonchev–Trinajstić information content (AvgIpc) is 2.46. The molecule has 0 aliphatic heterocycles. The Bertz CT molecular complexity index is 323. The summed E-state index contributed by atoms with van der Waals surface area (Å²) in [5, 5.41) is 1.75. The first kappa shape index (κ1) is 13.3. The highest BCUT2D eigenvalue weighted by Gasteiger charge is 2.16. The molecule has 0 aromatic carbocycles. The molecule has 5 heteroatoms. The molecule has 0 radical (unpaired) electrons. The Morgan fingerprint density at radius 1 is 1.57 bits per heavy atom. The minimum Gasteiger partial charge on any atom is -0.465 e. The zero-order valence-corrected chi connectivity index (χ0v) is 10.00. The van der Waals surface area contributed by atoms with Gasteiger partial charge in [0.2, 0.25) is 0 Å². The summed E-state index contributed by atoms with van der Waals surface area (Å²) >= 11 is 1.50. The lowest BCUT2D eigenvalue weighted by atomic mass is 10.1. The van der Waals surface area contributed by atoms with Crippen LogP contribution in [0.4, 0.5) is 5.69 Å². The number of nitrogen functional groups attached to an aromatic ring is 1.